The van der Waals surface area contributed by atoms with Crippen LogP contribution in [0.25, 0.3) is 0 Å². The highest BCUT2D eigenvalue weighted by Crippen LogP contribution is 2.26. The number of likely N-dealkylation sites (N-methyl/N-ethyl adjacent to an activating group) is 1. The van der Waals surface area contributed by atoms with Crippen LogP contribution in [0.3, 0.4) is 0 Å². The van der Waals surface area contributed by atoms with E-state index in [-0.39, 0.29) is 24.9 Å². The molecule has 0 unspecified atom stereocenters. The topological polar surface area (TPSA) is 55.6 Å². The van der Waals surface area contributed by atoms with E-state index in [1.165, 1.54) is 5.56 Å². The van der Waals surface area contributed by atoms with E-state index < -0.39 is 0 Å². The Bertz CT molecular complexity index is 691. The van der Waals surface area contributed by atoms with Crippen LogP contribution in [0.15, 0.2) is 36.4 Å². The lowest BCUT2D eigenvalue weighted by molar-refractivity contribution is -0.128. The van der Waals surface area contributed by atoms with Gasteiger partial charge in [-0.3, -0.25) is 4.79 Å². The number of nitrogens with two attached hydrogens (primary N) is 1. The van der Waals surface area contributed by atoms with E-state index in [9.17, 15) is 4.79 Å². The number of ether oxygens (including phenoxy) is 1. The molecule has 0 bridgehead atoms. The van der Waals surface area contributed by atoms with Crippen molar-refractivity contribution < 1.29 is 9.53 Å². The normalized spacial score (nSPS) is 10.1. The minimum atomic E-state index is -0.0648. The van der Waals surface area contributed by atoms with Crippen molar-refractivity contribution in [2.45, 2.75) is 33.9 Å². The standard InChI is InChI=1S/C20H26N2O2.ClH/c1-14-5-7-17(8-6-14)13-24-20-15(2)9-18(10-16(20)3)12-22(4)19(23)11-21;/h5-10H,11-13,21H2,1-4H3;1H. The number of amides is 1. The van der Waals surface area contributed by atoms with Gasteiger partial charge >= 0.3 is 0 Å². The molecule has 1 amide bonds. The van der Waals surface area contributed by atoms with Gasteiger partial charge in [0, 0.05) is 13.6 Å². The number of benzene rings is 2. The van der Waals surface area contributed by atoms with E-state index in [2.05, 4.69) is 43.3 Å². The second kappa shape index (κ2) is 9.44. The molecule has 0 saturated heterocycles. The summed E-state index contributed by atoms with van der Waals surface area (Å²) in [4.78, 5) is 13.3. The van der Waals surface area contributed by atoms with Crippen LogP contribution in [0, 0.1) is 20.8 Å². The third kappa shape index (κ3) is 5.76. The van der Waals surface area contributed by atoms with Crippen molar-refractivity contribution >= 4 is 18.3 Å². The van der Waals surface area contributed by atoms with Crippen molar-refractivity contribution in [2.75, 3.05) is 13.6 Å². The SMILES string of the molecule is Cc1ccc(COc2c(C)cc(CN(C)C(=O)CN)cc2C)cc1.Cl. The van der Waals surface area contributed by atoms with Gasteiger partial charge in [-0.1, -0.05) is 42.0 Å². The summed E-state index contributed by atoms with van der Waals surface area (Å²) >= 11 is 0. The highest BCUT2D eigenvalue weighted by molar-refractivity contribution is 5.85. The highest BCUT2D eigenvalue weighted by Gasteiger charge is 2.11. The Kier molecular flexibility index (Phi) is 7.94. The van der Waals surface area contributed by atoms with Gasteiger partial charge in [-0.05, 0) is 43.0 Å². The van der Waals surface area contributed by atoms with Gasteiger partial charge in [0.15, 0.2) is 0 Å². The Balaban J connectivity index is 0.00000312. The molecule has 2 aromatic carbocycles. The van der Waals surface area contributed by atoms with Gasteiger partial charge in [0.2, 0.25) is 5.91 Å². The van der Waals surface area contributed by atoms with Gasteiger partial charge in [0.25, 0.3) is 0 Å². The summed E-state index contributed by atoms with van der Waals surface area (Å²) in [7, 11) is 1.77. The fraction of sp³-hybridized carbons (Fsp3) is 0.350. The lowest BCUT2D eigenvalue weighted by Crippen LogP contribution is -2.32. The molecule has 2 aromatic rings. The number of hydrogen-bond donors (Lipinski definition) is 1. The van der Waals surface area contributed by atoms with Crippen molar-refractivity contribution in [3.8, 4) is 5.75 Å². The zero-order chi connectivity index (χ0) is 17.7. The van der Waals surface area contributed by atoms with Crippen LogP contribution in [0.2, 0.25) is 0 Å². The Morgan fingerprint density at radius 1 is 1.04 bits per heavy atom. The molecule has 0 aliphatic heterocycles. The average molecular weight is 363 g/mol. The van der Waals surface area contributed by atoms with Crippen LogP contribution in [0.5, 0.6) is 5.75 Å². The van der Waals surface area contributed by atoms with Crippen LogP contribution in [-0.4, -0.2) is 24.4 Å². The first kappa shape index (κ1) is 21.0. The van der Waals surface area contributed by atoms with Crippen LogP contribution in [0.4, 0.5) is 0 Å². The maximum atomic E-state index is 11.6. The number of carbonyl (C=O) groups is 1. The minimum Gasteiger partial charge on any atom is -0.488 e. The molecule has 4 nitrogen and oxygen atoms in total. The first-order chi connectivity index (χ1) is 11.4. The monoisotopic (exact) mass is 362 g/mol. The fourth-order valence-corrected chi connectivity index (χ4v) is 2.72. The first-order valence-electron chi connectivity index (χ1n) is 8.13. The van der Waals surface area contributed by atoms with Crippen molar-refractivity contribution in [2.24, 2.45) is 5.73 Å². The molecule has 0 atom stereocenters. The van der Waals surface area contributed by atoms with Crippen LogP contribution >= 0.6 is 12.4 Å². The molecule has 0 aliphatic rings. The number of halogens is 1. The van der Waals surface area contributed by atoms with Crippen molar-refractivity contribution in [1.82, 2.24) is 4.90 Å². The molecule has 0 aromatic heterocycles. The number of rotatable bonds is 6. The minimum absolute atomic E-state index is 0. The maximum Gasteiger partial charge on any atom is 0.236 e. The fourth-order valence-electron chi connectivity index (χ4n) is 2.72. The quantitative estimate of drug-likeness (QED) is 0.855. The number of carbonyl (C=O) groups excluding carboxylic acids is 1. The molecule has 136 valence electrons. The second-order valence-corrected chi connectivity index (χ2v) is 6.29. The predicted octanol–water partition coefficient (Wildman–Crippen LogP) is 3.53. The lowest BCUT2D eigenvalue weighted by atomic mass is 10.1. The first-order valence-corrected chi connectivity index (χ1v) is 8.13. The largest absolute Gasteiger partial charge is 0.488 e. The third-order valence-corrected chi connectivity index (χ3v) is 4.04. The van der Waals surface area contributed by atoms with Crippen LogP contribution < -0.4 is 10.5 Å². The lowest BCUT2D eigenvalue weighted by Gasteiger charge is -2.19. The summed E-state index contributed by atoms with van der Waals surface area (Å²) < 4.78 is 6.02. The van der Waals surface area contributed by atoms with E-state index in [0.717, 1.165) is 28.0 Å². The molecule has 2 rings (SSSR count). The van der Waals surface area contributed by atoms with Crippen molar-refractivity contribution in [3.63, 3.8) is 0 Å². The Hall–Kier alpha value is -2.04. The maximum absolute atomic E-state index is 11.6. The zero-order valence-electron chi connectivity index (χ0n) is 15.3. The molecule has 0 saturated carbocycles. The van der Waals surface area contributed by atoms with Gasteiger partial charge in [-0.15, -0.1) is 12.4 Å². The summed E-state index contributed by atoms with van der Waals surface area (Å²) in [5.74, 6) is 0.845. The summed E-state index contributed by atoms with van der Waals surface area (Å²) in [5.41, 5.74) is 11.0. The molecule has 2 N–H and O–H groups in total. The summed E-state index contributed by atoms with van der Waals surface area (Å²) in [6.07, 6.45) is 0. The predicted molar refractivity (Wildman–Crippen MR) is 104 cm³/mol. The Labute approximate surface area is 156 Å². The number of aryl methyl sites for hydroxylation is 3. The van der Waals surface area contributed by atoms with Crippen molar-refractivity contribution in [3.05, 3.63) is 64.2 Å². The smallest absolute Gasteiger partial charge is 0.236 e. The molecule has 0 radical (unpaired) electrons. The average Bonchev–Trinajstić information content (AvgIpc) is 2.54. The summed E-state index contributed by atoms with van der Waals surface area (Å²) in [6, 6.07) is 12.5. The highest BCUT2D eigenvalue weighted by atomic mass is 35.5. The number of nitrogens with zero attached hydrogens (tertiary/aromatic N) is 1. The van der Waals surface area contributed by atoms with Gasteiger partial charge in [-0.25, -0.2) is 0 Å². The third-order valence-electron chi connectivity index (χ3n) is 4.04. The van der Waals surface area contributed by atoms with E-state index in [0.29, 0.717) is 13.2 Å². The molecule has 0 fully saturated rings. The molecular weight excluding hydrogens is 336 g/mol. The van der Waals surface area contributed by atoms with E-state index in [4.69, 9.17) is 10.5 Å². The molecular formula is C20H27ClN2O2. The number of hydrogen-bond acceptors (Lipinski definition) is 3. The molecule has 0 aliphatic carbocycles. The van der Waals surface area contributed by atoms with E-state index in [1.54, 1.807) is 11.9 Å². The van der Waals surface area contributed by atoms with Gasteiger partial charge in [-0.2, -0.15) is 0 Å². The molecule has 0 spiro atoms. The van der Waals surface area contributed by atoms with Gasteiger partial charge in [0.05, 0.1) is 6.54 Å². The van der Waals surface area contributed by atoms with Gasteiger partial charge in [0.1, 0.15) is 12.4 Å². The van der Waals surface area contributed by atoms with Crippen LogP contribution in [0.1, 0.15) is 27.8 Å². The Morgan fingerprint density at radius 3 is 2.12 bits per heavy atom. The summed E-state index contributed by atoms with van der Waals surface area (Å²) in [5, 5.41) is 0. The molecule has 25 heavy (non-hydrogen) atoms. The second-order valence-electron chi connectivity index (χ2n) is 6.29. The van der Waals surface area contributed by atoms with Crippen LogP contribution in [-0.2, 0) is 17.9 Å². The van der Waals surface area contributed by atoms with Crippen molar-refractivity contribution in [1.29, 1.82) is 0 Å². The van der Waals surface area contributed by atoms with E-state index >= 15 is 0 Å². The summed E-state index contributed by atoms with van der Waals surface area (Å²) in [6.45, 7) is 7.27. The Morgan fingerprint density at radius 2 is 1.60 bits per heavy atom. The van der Waals surface area contributed by atoms with Gasteiger partial charge < -0.3 is 15.4 Å². The zero-order valence-corrected chi connectivity index (χ0v) is 16.2. The molecule has 0 heterocycles. The molecule has 5 heteroatoms. The van der Waals surface area contributed by atoms with E-state index in [1.807, 2.05) is 13.8 Å².